The van der Waals surface area contributed by atoms with Crippen molar-refractivity contribution in [2.75, 3.05) is 18.2 Å². The van der Waals surface area contributed by atoms with Gasteiger partial charge in [-0.15, -0.1) is 0 Å². The highest BCUT2D eigenvalue weighted by atomic mass is 16.5. The van der Waals surface area contributed by atoms with Gasteiger partial charge >= 0.3 is 5.97 Å². The third kappa shape index (κ3) is 2.83. The van der Waals surface area contributed by atoms with Crippen molar-refractivity contribution < 1.29 is 14.6 Å². The number of carbonyl (C=O) groups is 1. The Labute approximate surface area is 117 Å². The van der Waals surface area contributed by atoms with Crippen molar-refractivity contribution in [3.8, 4) is 5.75 Å². The molecule has 0 saturated carbocycles. The molecule has 2 aromatic rings. The largest absolute Gasteiger partial charge is 0.497 e. The van der Waals surface area contributed by atoms with Gasteiger partial charge in [-0.25, -0.2) is 4.79 Å². The smallest absolute Gasteiger partial charge is 0.337 e. The standard InChI is InChI=1S/C15H16N2O3/c1-9-6-11(8-13(14(9)16)15(18)19)17-10-4-3-5-12(7-10)20-2/h3-8,17H,16H2,1-2H3,(H,18,19). The van der Waals surface area contributed by atoms with Gasteiger partial charge in [0, 0.05) is 23.1 Å². The number of aryl methyl sites for hydroxylation is 1. The zero-order valence-electron chi connectivity index (χ0n) is 11.3. The minimum absolute atomic E-state index is 0.0930. The summed E-state index contributed by atoms with van der Waals surface area (Å²) in [6, 6.07) is 10.7. The summed E-state index contributed by atoms with van der Waals surface area (Å²) in [5.74, 6) is -0.319. The van der Waals surface area contributed by atoms with E-state index in [1.165, 1.54) is 6.07 Å². The number of benzene rings is 2. The van der Waals surface area contributed by atoms with E-state index in [-0.39, 0.29) is 11.3 Å². The molecule has 0 bridgehead atoms. The van der Waals surface area contributed by atoms with Gasteiger partial charge in [-0.2, -0.15) is 0 Å². The second-order valence-corrected chi connectivity index (χ2v) is 4.42. The number of nitrogen functional groups attached to an aromatic ring is 1. The third-order valence-corrected chi connectivity index (χ3v) is 2.98. The zero-order valence-corrected chi connectivity index (χ0v) is 11.3. The molecule has 5 heteroatoms. The first-order valence-electron chi connectivity index (χ1n) is 6.05. The summed E-state index contributed by atoms with van der Waals surface area (Å²) in [4.78, 5) is 11.2. The van der Waals surface area contributed by atoms with Crippen LogP contribution in [0.25, 0.3) is 0 Å². The molecule has 0 radical (unpaired) electrons. The summed E-state index contributed by atoms with van der Waals surface area (Å²) >= 11 is 0. The molecule has 0 aliphatic carbocycles. The molecular weight excluding hydrogens is 256 g/mol. The number of anilines is 3. The molecular formula is C15H16N2O3. The molecule has 0 fully saturated rings. The quantitative estimate of drug-likeness (QED) is 0.745. The van der Waals surface area contributed by atoms with Crippen LogP contribution in [0.1, 0.15) is 15.9 Å². The first kappa shape index (κ1) is 13.7. The summed E-state index contributed by atoms with van der Waals surface area (Å²) in [7, 11) is 1.59. The van der Waals surface area contributed by atoms with E-state index in [4.69, 9.17) is 15.6 Å². The summed E-state index contributed by atoms with van der Waals surface area (Å²) in [5, 5.41) is 12.3. The van der Waals surface area contributed by atoms with Crippen molar-refractivity contribution in [2.24, 2.45) is 0 Å². The molecule has 0 saturated heterocycles. The molecule has 4 N–H and O–H groups in total. The van der Waals surface area contributed by atoms with E-state index in [9.17, 15) is 4.79 Å². The van der Waals surface area contributed by atoms with Crippen LogP contribution in [0.2, 0.25) is 0 Å². The molecule has 104 valence electrons. The molecule has 0 amide bonds. The average molecular weight is 272 g/mol. The SMILES string of the molecule is COc1cccc(Nc2cc(C)c(N)c(C(=O)O)c2)c1. The average Bonchev–Trinajstić information content (AvgIpc) is 2.42. The van der Waals surface area contributed by atoms with Crippen LogP contribution in [-0.2, 0) is 0 Å². The van der Waals surface area contributed by atoms with Gasteiger partial charge in [0.15, 0.2) is 0 Å². The van der Waals surface area contributed by atoms with Gasteiger partial charge in [0.1, 0.15) is 5.75 Å². The monoisotopic (exact) mass is 272 g/mol. The van der Waals surface area contributed by atoms with Gasteiger partial charge in [-0.3, -0.25) is 0 Å². The van der Waals surface area contributed by atoms with E-state index in [1.54, 1.807) is 20.1 Å². The van der Waals surface area contributed by atoms with Crippen LogP contribution in [-0.4, -0.2) is 18.2 Å². The van der Waals surface area contributed by atoms with Crippen LogP contribution in [0.3, 0.4) is 0 Å². The maximum absolute atomic E-state index is 11.2. The van der Waals surface area contributed by atoms with Gasteiger partial charge in [0.25, 0.3) is 0 Å². The number of carboxylic acids is 1. The Morgan fingerprint density at radius 1 is 1.25 bits per heavy atom. The molecule has 20 heavy (non-hydrogen) atoms. The number of hydrogen-bond acceptors (Lipinski definition) is 4. The lowest BCUT2D eigenvalue weighted by atomic mass is 10.1. The maximum atomic E-state index is 11.2. The van der Waals surface area contributed by atoms with Crippen LogP contribution >= 0.6 is 0 Å². The first-order chi connectivity index (χ1) is 9.51. The van der Waals surface area contributed by atoms with Crippen molar-refractivity contribution in [3.05, 3.63) is 47.5 Å². The summed E-state index contributed by atoms with van der Waals surface area (Å²) in [5.41, 5.74) is 8.34. The highest BCUT2D eigenvalue weighted by Gasteiger charge is 2.11. The normalized spacial score (nSPS) is 10.1. The van der Waals surface area contributed by atoms with Crippen molar-refractivity contribution >= 4 is 23.0 Å². The zero-order chi connectivity index (χ0) is 14.7. The van der Waals surface area contributed by atoms with Crippen LogP contribution in [0, 0.1) is 6.92 Å². The number of ether oxygens (including phenoxy) is 1. The number of carboxylic acid groups (broad SMARTS) is 1. The van der Waals surface area contributed by atoms with Crippen LogP contribution in [0.4, 0.5) is 17.1 Å². The minimum Gasteiger partial charge on any atom is -0.497 e. The molecule has 0 atom stereocenters. The number of methoxy groups -OCH3 is 1. The van der Waals surface area contributed by atoms with Crippen molar-refractivity contribution in [1.82, 2.24) is 0 Å². The van der Waals surface area contributed by atoms with Crippen LogP contribution < -0.4 is 15.8 Å². The van der Waals surface area contributed by atoms with E-state index in [1.807, 2.05) is 24.3 Å². The predicted octanol–water partition coefficient (Wildman–Crippen LogP) is 3.03. The molecule has 5 nitrogen and oxygen atoms in total. The molecule has 0 unspecified atom stereocenters. The van der Waals surface area contributed by atoms with Gasteiger partial charge in [-0.1, -0.05) is 6.07 Å². The second kappa shape index (κ2) is 5.52. The highest BCUT2D eigenvalue weighted by molar-refractivity contribution is 5.96. The molecule has 2 rings (SSSR count). The lowest BCUT2D eigenvalue weighted by Crippen LogP contribution is -2.05. The lowest BCUT2D eigenvalue weighted by Gasteiger charge is -2.12. The Morgan fingerprint density at radius 2 is 2.00 bits per heavy atom. The van der Waals surface area contributed by atoms with Gasteiger partial charge in [0.05, 0.1) is 12.7 Å². The van der Waals surface area contributed by atoms with Crippen LogP contribution in [0.15, 0.2) is 36.4 Å². The van der Waals surface area contributed by atoms with E-state index < -0.39 is 5.97 Å². The fraction of sp³-hybridized carbons (Fsp3) is 0.133. The van der Waals surface area contributed by atoms with E-state index >= 15 is 0 Å². The summed E-state index contributed by atoms with van der Waals surface area (Å²) in [6.07, 6.45) is 0. The van der Waals surface area contributed by atoms with Crippen molar-refractivity contribution in [1.29, 1.82) is 0 Å². The Kier molecular flexibility index (Phi) is 3.79. The highest BCUT2D eigenvalue weighted by Crippen LogP contribution is 2.26. The van der Waals surface area contributed by atoms with Crippen LogP contribution in [0.5, 0.6) is 5.75 Å². The van der Waals surface area contributed by atoms with E-state index in [0.717, 1.165) is 17.0 Å². The Balaban J connectivity index is 2.36. The second-order valence-electron chi connectivity index (χ2n) is 4.42. The molecule has 0 heterocycles. The van der Waals surface area contributed by atoms with Gasteiger partial charge in [-0.05, 0) is 36.8 Å². The topological polar surface area (TPSA) is 84.6 Å². The lowest BCUT2D eigenvalue weighted by molar-refractivity contribution is 0.0698. The molecule has 0 aliphatic heterocycles. The molecule has 2 aromatic carbocycles. The molecule has 0 spiro atoms. The number of rotatable bonds is 4. The summed E-state index contributed by atoms with van der Waals surface area (Å²) in [6.45, 7) is 1.78. The maximum Gasteiger partial charge on any atom is 0.337 e. The third-order valence-electron chi connectivity index (χ3n) is 2.98. The van der Waals surface area contributed by atoms with Gasteiger partial charge in [0.2, 0.25) is 0 Å². The molecule has 0 aromatic heterocycles. The number of aromatic carboxylic acids is 1. The number of nitrogens with two attached hydrogens (primary N) is 1. The number of nitrogens with one attached hydrogen (secondary N) is 1. The summed E-state index contributed by atoms with van der Waals surface area (Å²) < 4.78 is 5.14. The predicted molar refractivity (Wildman–Crippen MR) is 78.8 cm³/mol. The minimum atomic E-state index is -1.04. The Hall–Kier alpha value is -2.69. The fourth-order valence-electron chi connectivity index (χ4n) is 1.91. The molecule has 0 aliphatic rings. The van der Waals surface area contributed by atoms with E-state index in [0.29, 0.717) is 5.69 Å². The fourth-order valence-corrected chi connectivity index (χ4v) is 1.91. The van der Waals surface area contributed by atoms with Crippen molar-refractivity contribution in [3.63, 3.8) is 0 Å². The Morgan fingerprint density at radius 3 is 2.65 bits per heavy atom. The van der Waals surface area contributed by atoms with E-state index in [2.05, 4.69) is 5.32 Å². The number of hydrogen-bond donors (Lipinski definition) is 3. The first-order valence-corrected chi connectivity index (χ1v) is 6.05. The van der Waals surface area contributed by atoms with Crippen molar-refractivity contribution in [2.45, 2.75) is 6.92 Å². The Bertz CT molecular complexity index is 654. The van der Waals surface area contributed by atoms with Gasteiger partial charge < -0.3 is 20.9 Å².